The predicted octanol–water partition coefficient (Wildman–Crippen LogP) is 1.26. The van der Waals surface area contributed by atoms with Gasteiger partial charge in [-0.05, 0) is 0 Å². The first-order valence-electron chi connectivity index (χ1n) is 3.89. The summed E-state index contributed by atoms with van der Waals surface area (Å²) in [6.07, 6.45) is -1.92. The minimum Gasteiger partial charge on any atom is -0.368 e. The number of aromatic nitrogens is 2. The number of nitrogens with zero attached hydrogens (tertiary/aromatic N) is 2. The first-order valence-corrected chi connectivity index (χ1v) is 3.89. The number of nitrogens with one attached hydrogen (secondary N) is 1. The molecule has 0 unspecified atom stereocenters. The Bertz CT molecular complexity index is 305. The molecule has 1 heterocycles. The number of alkyl halides is 2. The Morgan fingerprint density at radius 3 is 2.86 bits per heavy atom. The molecule has 1 aromatic rings. The van der Waals surface area contributed by atoms with Gasteiger partial charge in [0.2, 0.25) is 12.4 Å². The van der Waals surface area contributed by atoms with E-state index in [4.69, 9.17) is 5.73 Å². The molecule has 0 spiro atoms. The first-order chi connectivity index (χ1) is 6.59. The maximum Gasteiger partial charge on any atom is 0.240 e. The fourth-order valence-electron chi connectivity index (χ4n) is 0.804. The van der Waals surface area contributed by atoms with Crippen molar-refractivity contribution < 1.29 is 13.2 Å². The molecular formula is C7H9F3N4. The summed E-state index contributed by atoms with van der Waals surface area (Å²) in [5, 5.41) is 2.40. The summed E-state index contributed by atoms with van der Waals surface area (Å²) in [5.74, 6) is -0.974. The summed E-state index contributed by atoms with van der Waals surface area (Å²) in [6.45, 7) is -0.0644. The van der Waals surface area contributed by atoms with Crippen LogP contribution >= 0.6 is 0 Å². The van der Waals surface area contributed by atoms with Crippen molar-refractivity contribution in [3.63, 3.8) is 0 Å². The van der Waals surface area contributed by atoms with E-state index >= 15 is 0 Å². The van der Waals surface area contributed by atoms with Gasteiger partial charge in [0.25, 0.3) is 0 Å². The van der Waals surface area contributed by atoms with Crippen LogP contribution in [0.25, 0.3) is 0 Å². The van der Waals surface area contributed by atoms with Gasteiger partial charge in [-0.25, -0.2) is 18.2 Å². The Morgan fingerprint density at radius 1 is 1.50 bits per heavy atom. The van der Waals surface area contributed by atoms with E-state index in [-0.39, 0.29) is 24.7 Å². The molecule has 0 saturated carbocycles. The molecule has 0 aliphatic heterocycles. The summed E-state index contributed by atoms with van der Waals surface area (Å²) < 4.78 is 36.3. The molecular weight excluding hydrogens is 197 g/mol. The Balaban J connectivity index is 2.53. The first kappa shape index (κ1) is 10.6. The highest BCUT2D eigenvalue weighted by Gasteiger charge is 2.06. The molecule has 0 amide bonds. The molecule has 1 aromatic heterocycles. The van der Waals surface area contributed by atoms with E-state index in [9.17, 15) is 13.2 Å². The number of hydrogen-bond donors (Lipinski definition) is 2. The molecule has 0 atom stereocenters. The number of nitrogen functional groups attached to an aromatic ring is 1. The molecule has 0 aliphatic carbocycles. The standard InChI is InChI=1S/C7H9F3N4/c8-4-3-13-7(11)14-6(4)12-2-1-5(9)10/h3,5H,1-2H2,(H3,11,12,13,14). The van der Waals surface area contributed by atoms with Gasteiger partial charge in [-0.2, -0.15) is 4.98 Å². The molecule has 78 valence electrons. The minimum atomic E-state index is -2.43. The van der Waals surface area contributed by atoms with Crippen LogP contribution in [-0.4, -0.2) is 22.9 Å². The summed E-state index contributed by atoms with van der Waals surface area (Å²) in [5.41, 5.74) is 5.18. The van der Waals surface area contributed by atoms with Crippen molar-refractivity contribution in [2.75, 3.05) is 17.6 Å². The molecule has 3 N–H and O–H groups in total. The van der Waals surface area contributed by atoms with Crippen LogP contribution in [0.3, 0.4) is 0 Å². The normalized spacial score (nSPS) is 10.6. The summed E-state index contributed by atoms with van der Waals surface area (Å²) in [6, 6.07) is 0. The maximum absolute atomic E-state index is 12.9. The molecule has 0 aromatic carbocycles. The SMILES string of the molecule is Nc1ncc(F)c(NCCC(F)F)n1. The summed E-state index contributed by atoms with van der Waals surface area (Å²) >= 11 is 0. The Labute approximate surface area is 78.4 Å². The third-order valence-electron chi connectivity index (χ3n) is 1.42. The Kier molecular flexibility index (Phi) is 3.49. The zero-order chi connectivity index (χ0) is 10.6. The van der Waals surface area contributed by atoms with Crippen LogP contribution in [-0.2, 0) is 0 Å². The van der Waals surface area contributed by atoms with Crippen LogP contribution in [0.5, 0.6) is 0 Å². The third kappa shape index (κ3) is 3.08. The van der Waals surface area contributed by atoms with Crippen LogP contribution in [0.2, 0.25) is 0 Å². The van der Waals surface area contributed by atoms with E-state index in [1.807, 2.05) is 0 Å². The van der Waals surface area contributed by atoms with Gasteiger partial charge < -0.3 is 11.1 Å². The van der Waals surface area contributed by atoms with Crippen molar-refractivity contribution in [3.05, 3.63) is 12.0 Å². The van der Waals surface area contributed by atoms with Crippen molar-refractivity contribution in [2.24, 2.45) is 0 Å². The van der Waals surface area contributed by atoms with E-state index < -0.39 is 12.2 Å². The average molecular weight is 206 g/mol. The van der Waals surface area contributed by atoms with E-state index in [1.165, 1.54) is 0 Å². The maximum atomic E-state index is 12.9. The predicted molar refractivity (Wildman–Crippen MR) is 45.5 cm³/mol. The lowest BCUT2D eigenvalue weighted by molar-refractivity contribution is 0.142. The van der Waals surface area contributed by atoms with Crippen molar-refractivity contribution in [1.82, 2.24) is 9.97 Å². The molecule has 7 heteroatoms. The third-order valence-corrected chi connectivity index (χ3v) is 1.42. The monoisotopic (exact) mass is 206 g/mol. The molecule has 0 radical (unpaired) electrons. The van der Waals surface area contributed by atoms with Gasteiger partial charge in [-0.3, -0.25) is 0 Å². The second-order valence-corrected chi connectivity index (χ2v) is 2.53. The molecule has 0 aliphatic rings. The largest absolute Gasteiger partial charge is 0.368 e. The van der Waals surface area contributed by atoms with Crippen LogP contribution in [0, 0.1) is 5.82 Å². The summed E-state index contributed by atoms with van der Waals surface area (Å²) in [7, 11) is 0. The summed E-state index contributed by atoms with van der Waals surface area (Å²) in [4.78, 5) is 6.89. The molecule has 1 rings (SSSR count). The van der Waals surface area contributed by atoms with Crippen LogP contribution < -0.4 is 11.1 Å². The van der Waals surface area contributed by atoms with Gasteiger partial charge in [0.05, 0.1) is 6.20 Å². The number of rotatable bonds is 4. The van der Waals surface area contributed by atoms with E-state index in [0.717, 1.165) is 6.20 Å². The zero-order valence-corrected chi connectivity index (χ0v) is 7.17. The molecule has 0 saturated heterocycles. The van der Waals surface area contributed by atoms with Crippen molar-refractivity contribution in [2.45, 2.75) is 12.8 Å². The topological polar surface area (TPSA) is 63.8 Å². The zero-order valence-electron chi connectivity index (χ0n) is 7.17. The van der Waals surface area contributed by atoms with E-state index in [0.29, 0.717) is 0 Å². The van der Waals surface area contributed by atoms with Crippen molar-refractivity contribution in [3.8, 4) is 0 Å². The van der Waals surface area contributed by atoms with Crippen molar-refractivity contribution >= 4 is 11.8 Å². The second kappa shape index (κ2) is 4.64. The lowest BCUT2D eigenvalue weighted by atomic mass is 10.4. The molecule has 0 bridgehead atoms. The fourth-order valence-corrected chi connectivity index (χ4v) is 0.804. The molecule has 14 heavy (non-hydrogen) atoms. The highest BCUT2D eigenvalue weighted by atomic mass is 19.3. The highest BCUT2D eigenvalue weighted by Crippen LogP contribution is 2.10. The van der Waals surface area contributed by atoms with Gasteiger partial charge >= 0.3 is 0 Å². The average Bonchev–Trinajstić information content (AvgIpc) is 2.10. The van der Waals surface area contributed by atoms with Crippen LogP contribution in [0.4, 0.5) is 24.9 Å². The van der Waals surface area contributed by atoms with Gasteiger partial charge in [0, 0.05) is 13.0 Å². The number of hydrogen-bond acceptors (Lipinski definition) is 4. The molecule has 0 fully saturated rings. The second-order valence-electron chi connectivity index (χ2n) is 2.53. The van der Waals surface area contributed by atoms with Gasteiger partial charge in [-0.1, -0.05) is 0 Å². The number of nitrogens with two attached hydrogens (primary N) is 1. The minimum absolute atomic E-state index is 0.0644. The smallest absolute Gasteiger partial charge is 0.240 e. The number of anilines is 2. The van der Waals surface area contributed by atoms with Gasteiger partial charge in [0.15, 0.2) is 11.6 Å². The Hall–Kier alpha value is -1.53. The van der Waals surface area contributed by atoms with E-state index in [2.05, 4.69) is 15.3 Å². The lowest BCUT2D eigenvalue weighted by Crippen LogP contribution is -2.10. The van der Waals surface area contributed by atoms with Crippen LogP contribution in [0.15, 0.2) is 6.20 Å². The number of halogens is 3. The van der Waals surface area contributed by atoms with Gasteiger partial charge in [0.1, 0.15) is 0 Å². The lowest BCUT2D eigenvalue weighted by Gasteiger charge is -2.05. The van der Waals surface area contributed by atoms with E-state index in [1.54, 1.807) is 0 Å². The van der Waals surface area contributed by atoms with Crippen molar-refractivity contribution in [1.29, 1.82) is 0 Å². The Morgan fingerprint density at radius 2 is 2.21 bits per heavy atom. The highest BCUT2D eigenvalue weighted by molar-refractivity contribution is 5.38. The molecule has 4 nitrogen and oxygen atoms in total. The van der Waals surface area contributed by atoms with Crippen LogP contribution in [0.1, 0.15) is 6.42 Å². The van der Waals surface area contributed by atoms with Gasteiger partial charge in [-0.15, -0.1) is 0 Å². The quantitative estimate of drug-likeness (QED) is 0.778. The fraction of sp³-hybridized carbons (Fsp3) is 0.429.